The molecule has 1 aliphatic rings. The summed E-state index contributed by atoms with van der Waals surface area (Å²) >= 11 is 3.15. The number of primary sulfonamides is 1. The molecule has 0 radical (unpaired) electrons. The summed E-state index contributed by atoms with van der Waals surface area (Å²) in [6, 6.07) is 2.75. The number of rotatable bonds is 4. The first-order valence-electron chi connectivity index (χ1n) is 5.46. The molecule has 1 saturated carbocycles. The largest absolute Gasteiger partial charge is 0.282 e. The SMILES string of the molecule is Cc1cc(NS(=O)(=O)C2CC2)c(Br)cc1S(N)(=O)=O. The van der Waals surface area contributed by atoms with Gasteiger partial charge in [0, 0.05) is 4.47 Å². The van der Waals surface area contributed by atoms with E-state index in [1.165, 1.54) is 12.1 Å². The van der Waals surface area contributed by atoms with Gasteiger partial charge in [0.25, 0.3) is 0 Å². The topological polar surface area (TPSA) is 106 Å². The Kier molecular flexibility index (Phi) is 3.67. The van der Waals surface area contributed by atoms with E-state index in [4.69, 9.17) is 5.14 Å². The summed E-state index contributed by atoms with van der Waals surface area (Å²) in [5, 5.41) is 4.73. The number of aryl methyl sites for hydroxylation is 1. The summed E-state index contributed by atoms with van der Waals surface area (Å²) in [4.78, 5) is -0.0336. The molecule has 0 aromatic heterocycles. The minimum absolute atomic E-state index is 0.0336. The molecular formula is C10H13BrN2O4S2. The Bertz CT molecular complexity index is 724. The number of hydrogen-bond acceptors (Lipinski definition) is 4. The van der Waals surface area contributed by atoms with Crippen molar-refractivity contribution in [2.24, 2.45) is 5.14 Å². The number of nitrogens with two attached hydrogens (primary N) is 1. The van der Waals surface area contributed by atoms with Gasteiger partial charge in [0.2, 0.25) is 20.0 Å². The van der Waals surface area contributed by atoms with Gasteiger partial charge in [-0.15, -0.1) is 0 Å². The molecule has 0 saturated heterocycles. The van der Waals surface area contributed by atoms with Gasteiger partial charge >= 0.3 is 0 Å². The highest BCUT2D eigenvalue weighted by atomic mass is 79.9. The fraction of sp³-hybridized carbons (Fsp3) is 0.400. The molecule has 19 heavy (non-hydrogen) atoms. The predicted octanol–water partition coefficient (Wildman–Crippen LogP) is 1.31. The lowest BCUT2D eigenvalue weighted by Gasteiger charge is -2.12. The quantitative estimate of drug-likeness (QED) is 0.835. The zero-order valence-corrected chi connectivity index (χ0v) is 13.3. The Labute approximate surface area is 120 Å². The van der Waals surface area contributed by atoms with Crippen molar-refractivity contribution in [3.8, 4) is 0 Å². The molecule has 1 aromatic rings. The van der Waals surface area contributed by atoms with Crippen LogP contribution in [0.3, 0.4) is 0 Å². The van der Waals surface area contributed by atoms with Crippen molar-refractivity contribution in [1.82, 2.24) is 0 Å². The van der Waals surface area contributed by atoms with Crippen LogP contribution in [0.5, 0.6) is 0 Å². The first kappa shape index (κ1) is 14.8. The van der Waals surface area contributed by atoms with E-state index in [2.05, 4.69) is 20.7 Å². The normalized spacial score (nSPS) is 16.4. The monoisotopic (exact) mass is 368 g/mol. The van der Waals surface area contributed by atoms with Crippen LogP contribution in [0, 0.1) is 6.92 Å². The van der Waals surface area contributed by atoms with Crippen molar-refractivity contribution in [2.75, 3.05) is 4.72 Å². The summed E-state index contributed by atoms with van der Waals surface area (Å²) in [7, 11) is -7.22. The highest BCUT2D eigenvalue weighted by molar-refractivity contribution is 9.10. The number of hydrogen-bond donors (Lipinski definition) is 2. The molecule has 2 rings (SSSR count). The average molecular weight is 369 g/mol. The van der Waals surface area contributed by atoms with E-state index in [1.54, 1.807) is 6.92 Å². The van der Waals surface area contributed by atoms with Crippen molar-refractivity contribution in [3.63, 3.8) is 0 Å². The summed E-state index contributed by atoms with van der Waals surface area (Å²) in [6.45, 7) is 1.56. The molecule has 9 heteroatoms. The third-order valence-electron chi connectivity index (χ3n) is 2.79. The molecule has 106 valence electrons. The Morgan fingerprint density at radius 1 is 1.26 bits per heavy atom. The molecule has 3 N–H and O–H groups in total. The van der Waals surface area contributed by atoms with Crippen molar-refractivity contribution < 1.29 is 16.8 Å². The van der Waals surface area contributed by atoms with E-state index in [0.717, 1.165) is 0 Å². The van der Waals surface area contributed by atoms with E-state index in [9.17, 15) is 16.8 Å². The fourth-order valence-corrected chi connectivity index (χ4v) is 4.58. The van der Waals surface area contributed by atoms with Gasteiger partial charge in [-0.25, -0.2) is 22.0 Å². The fourth-order valence-electron chi connectivity index (χ4n) is 1.66. The van der Waals surface area contributed by atoms with Crippen molar-refractivity contribution in [3.05, 3.63) is 22.2 Å². The first-order chi connectivity index (χ1) is 8.61. The molecule has 0 bridgehead atoms. The summed E-state index contributed by atoms with van der Waals surface area (Å²) in [6.07, 6.45) is 1.31. The number of nitrogens with one attached hydrogen (secondary N) is 1. The second-order valence-corrected chi connectivity index (χ2v) is 8.83. The molecule has 1 aliphatic carbocycles. The van der Waals surface area contributed by atoms with E-state index in [-0.39, 0.29) is 10.1 Å². The molecule has 0 atom stereocenters. The lowest BCUT2D eigenvalue weighted by molar-refractivity contribution is 0.596. The molecular weight excluding hydrogens is 356 g/mol. The minimum atomic E-state index is -3.83. The number of anilines is 1. The molecule has 0 aliphatic heterocycles. The smallest absolute Gasteiger partial charge is 0.238 e. The van der Waals surface area contributed by atoms with Crippen LogP contribution in [-0.2, 0) is 20.0 Å². The van der Waals surface area contributed by atoms with Crippen LogP contribution in [0.15, 0.2) is 21.5 Å². The number of halogens is 1. The van der Waals surface area contributed by atoms with Crippen LogP contribution >= 0.6 is 15.9 Å². The van der Waals surface area contributed by atoms with Gasteiger partial charge in [-0.3, -0.25) is 4.72 Å². The van der Waals surface area contributed by atoms with Gasteiger partial charge in [-0.1, -0.05) is 0 Å². The maximum Gasteiger partial charge on any atom is 0.238 e. The van der Waals surface area contributed by atoms with Gasteiger partial charge in [0.1, 0.15) is 0 Å². The lowest BCUT2D eigenvalue weighted by Crippen LogP contribution is -2.18. The van der Waals surface area contributed by atoms with E-state index < -0.39 is 20.0 Å². The maximum atomic E-state index is 11.8. The zero-order valence-electron chi connectivity index (χ0n) is 10.1. The molecule has 0 heterocycles. The zero-order chi connectivity index (χ0) is 14.4. The second-order valence-electron chi connectivity index (χ2n) is 4.49. The summed E-state index contributed by atoms with van der Waals surface area (Å²) in [5.41, 5.74) is 0.705. The molecule has 1 fully saturated rings. The van der Waals surface area contributed by atoms with E-state index in [1.807, 2.05) is 0 Å². The molecule has 0 amide bonds. The van der Waals surface area contributed by atoms with Crippen LogP contribution in [0.2, 0.25) is 0 Å². The molecule has 0 unspecified atom stereocenters. The number of sulfonamides is 2. The van der Waals surface area contributed by atoms with E-state index >= 15 is 0 Å². The van der Waals surface area contributed by atoms with Gasteiger partial charge < -0.3 is 0 Å². The summed E-state index contributed by atoms with van der Waals surface area (Å²) < 4.78 is 49.1. The van der Waals surface area contributed by atoms with Crippen LogP contribution in [0.25, 0.3) is 0 Å². The third kappa shape index (κ3) is 3.28. The Hall–Kier alpha value is -0.640. The maximum absolute atomic E-state index is 11.8. The Balaban J connectivity index is 2.41. The van der Waals surface area contributed by atoms with Crippen molar-refractivity contribution >= 4 is 41.7 Å². The lowest BCUT2D eigenvalue weighted by atomic mass is 10.2. The van der Waals surface area contributed by atoms with Gasteiger partial charge in [-0.2, -0.15) is 0 Å². The van der Waals surface area contributed by atoms with Crippen LogP contribution < -0.4 is 9.86 Å². The van der Waals surface area contributed by atoms with Gasteiger partial charge in [-0.05, 0) is 53.4 Å². The molecule has 1 aromatic carbocycles. The standard InChI is InChI=1S/C10H13BrN2O4S2/c1-6-4-9(13-19(16,17)7-2-3-7)8(11)5-10(6)18(12,14)15/h4-5,7,13H,2-3H2,1H3,(H2,12,14,15). The van der Waals surface area contributed by atoms with E-state index in [0.29, 0.717) is 28.6 Å². The molecule has 6 nitrogen and oxygen atoms in total. The highest BCUT2D eigenvalue weighted by Crippen LogP contribution is 2.33. The summed E-state index contributed by atoms with van der Waals surface area (Å²) in [5.74, 6) is 0. The van der Waals surface area contributed by atoms with Gasteiger partial charge in [0.05, 0.1) is 15.8 Å². The highest BCUT2D eigenvalue weighted by Gasteiger charge is 2.36. The van der Waals surface area contributed by atoms with Crippen molar-refractivity contribution in [1.29, 1.82) is 0 Å². The van der Waals surface area contributed by atoms with Crippen molar-refractivity contribution in [2.45, 2.75) is 29.9 Å². The third-order valence-corrected chi connectivity index (χ3v) is 6.35. The van der Waals surface area contributed by atoms with Crippen LogP contribution in [0.4, 0.5) is 5.69 Å². The predicted molar refractivity (Wildman–Crippen MR) is 75.8 cm³/mol. The average Bonchev–Trinajstić information content (AvgIpc) is 3.04. The molecule has 0 spiro atoms. The Morgan fingerprint density at radius 3 is 2.32 bits per heavy atom. The van der Waals surface area contributed by atoms with Crippen LogP contribution in [0.1, 0.15) is 18.4 Å². The number of benzene rings is 1. The second kappa shape index (κ2) is 4.72. The van der Waals surface area contributed by atoms with Crippen LogP contribution in [-0.4, -0.2) is 22.1 Å². The minimum Gasteiger partial charge on any atom is -0.282 e. The van der Waals surface area contributed by atoms with Gasteiger partial charge in [0.15, 0.2) is 0 Å². The first-order valence-corrected chi connectivity index (χ1v) is 9.34. The Morgan fingerprint density at radius 2 is 1.84 bits per heavy atom.